The maximum atomic E-state index is 12.1. The highest BCUT2D eigenvalue weighted by Gasteiger charge is 2.15. The first-order chi connectivity index (χ1) is 28.5. The summed E-state index contributed by atoms with van der Waals surface area (Å²) in [6.07, 6.45) is 17.3. The molecule has 0 radical (unpaired) electrons. The molecule has 0 saturated heterocycles. The molecule has 8 rings (SSSR count). The summed E-state index contributed by atoms with van der Waals surface area (Å²) < 4.78 is 0. The number of carbonyl (C=O) groups is 1. The van der Waals surface area contributed by atoms with Crippen molar-refractivity contribution in [2.45, 2.75) is 25.7 Å². The number of isocyanates is 1. The second-order valence-electron chi connectivity index (χ2n) is 13.3. The van der Waals surface area contributed by atoms with Gasteiger partial charge in [0.25, 0.3) is 0 Å². The highest BCUT2D eigenvalue weighted by molar-refractivity contribution is 6.16. The zero-order valence-electron chi connectivity index (χ0n) is 32.9. The number of rotatable bonds is 7. The van der Waals surface area contributed by atoms with Crippen molar-refractivity contribution in [1.82, 2.24) is 9.97 Å². The minimum Gasteiger partial charge on any atom is -0.399 e. The number of allylic oxidation sites excluding steroid dienone is 2. The number of hydrogen-bond acceptors (Lipinski definition) is 8. The second-order valence-corrected chi connectivity index (χ2v) is 13.3. The summed E-state index contributed by atoms with van der Waals surface area (Å²) in [7, 11) is 0. The fourth-order valence-corrected chi connectivity index (χ4v) is 6.23. The smallest absolute Gasteiger partial charge is 0.323 e. The quantitative estimate of drug-likeness (QED) is 0.0832. The summed E-state index contributed by atoms with van der Waals surface area (Å²) in [5, 5.41) is 5.66. The Morgan fingerprint density at radius 2 is 1.07 bits per heavy atom. The topological polar surface area (TPSA) is 147 Å². The van der Waals surface area contributed by atoms with Crippen LogP contribution >= 0.6 is 24.8 Å². The van der Waals surface area contributed by atoms with Crippen molar-refractivity contribution in [3.8, 4) is 0 Å². The van der Waals surface area contributed by atoms with E-state index >= 15 is 0 Å². The van der Waals surface area contributed by atoms with Gasteiger partial charge in [-0.1, -0.05) is 60.7 Å². The van der Waals surface area contributed by atoms with Gasteiger partial charge in [0.15, 0.2) is 0 Å². The molecule has 2 aromatic heterocycles. The number of aromatic nitrogens is 2. The number of benzene rings is 4. The van der Waals surface area contributed by atoms with Crippen LogP contribution in [0.15, 0.2) is 184 Å². The highest BCUT2D eigenvalue weighted by atomic mass is 35.5. The van der Waals surface area contributed by atoms with Crippen molar-refractivity contribution in [3.63, 3.8) is 0 Å². The Labute approximate surface area is 363 Å². The number of anilines is 3. The monoisotopic (exact) mass is 836 g/mol. The molecular weight excluding hydrogens is 791 g/mol. The molecule has 4 N–H and O–H groups in total. The Morgan fingerprint density at radius 3 is 1.53 bits per heavy atom. The lowest BCUT2D eigenvalue weighted by Crippen LogP contribution is -2.19. The SMILES string of the molecule is Cl.Cl.Nc1ccc(/C=C2\CCCN=C2c2cccnc2)cc1.O=C(Nc1ccccc1)Nc1ccc(/C=C2\CCCN=C2c2cccnc2)cc1.O=C=Nc1ccccc1. The second kappa shape index (κ2) is 24.7. The van der Waals surface area contributed by atoms with E-state index in [0.717, 1.165) is 89.5 Å². The zero-order chi connectivity index (χ0) is 40.2. The predicted octanol–water partition coefficient (Wildman–Crippen LogP) is 11.2. The Bertz CT molecular complexity index is 2400. The summed E-state index contributed by atoms with van der Waals surface area (Å²) in [5.41, 5.74) is 17.6. The van der Waals surface area contributed by atoms with Gasteiger partial charge in [0, 0.05) is 66.1 Å². The molecule has 4 heterocycles. The van der Waals surface area contributed by atoms with E-state index in [1.807, 2.05) is 128 Å². The maximum absolute atomic E-state index is 12.1. The minimum absolute atomic E-state index is 0. The molecular formula is C48H46Cl2N8O2. The van der Waals surface area contributed by atoms with Crippen LogP contribution in [-0.2, 0) is 4.79 Å². The van der Waals surface area contributed by atoms with Gasteiger partial charge in [0.05, 0.1) is 17.1 Å². The van der Waals surface area contributed by atoms with Crippen molar-refractivity contribution in [1.29, 1.82) is 0 Å². The van der Waals surface area contributed by atoms with Crippen LogP contribution in [0.4, 0.5) is 27.5 Å². The Hall–Kier alpha value is -6.97. The van der Waals surface area contributed by atoms with Gasteiger partial charge in [-0.15, -0.1) is 24.8 Å². The van der Waals surface area contributed by atoms with Gasteiger partial charge in [0.1, 0.15) is 0 Å². The third-order valence-corrected chi connectivity index (χ3v) is 8.98. The van der Waals surface area contributed by atoms with Crippen LogP contribution < -0.4 is 16.4 Å². The van der Waals surface area contributed by atoms with Crippen LogP contribution in [0.3, 0.4) is 0 Å². The van der Waals surface area contributed by atoms with Crippen molar-refractivity contribution in [2.24, 2.45) is 15.0 Å². The van der Waals surface area contributed by atoms with E-state index in [-0.39, 0.29) is 30.8 Å². The molecule has 0 aliphatic carbocycles. The summed E-state index contributed by atoms with van der Waals surface area (Å²) >= 11 is 0. The number of amides is 2. The van der Waals surface area contributed by atoms with E-state index in [4.69, 9.17) is 10.7 Å². The number of nitrogens with one attached hydrogen (secondary N) is 2. The van der Waals surface area contributed by atoms with E-state index < -0.39 is 0 Å². The Morgan fingerprint density at radius 1 is 0.600 bits per heavy atom. The number of nitrogens with two attached hydrogens (primary N) is 1. The first-order valence-electron chi connectivity index (χ1n) is 19.1. The zero-order valence-corrected chi connectivity index (χ0v) is 34.5. The average molecular weight is 838 g/mol. The van der Waals surface area contributed by atoms with Gasteiger partial charge >= 0.3 is 6.03 Å². The van der Waals surface area contributed by atoms with E-state index in [1.54, 1.807) is 24.5 Å². The lowest BCUT2D eigenvalue weighted by Gasteiger charge is -2.16. The number of urea groups is 1. The number of carbonyl (C=O) groups excluding carboxylic acids is 2. The fraction of sp³-hybridized carbons (Fsp3) is 0.125. The summed E-state index contributed by atoms with van der Waals surface area (Å²) in [6, 6.07) is 41.8. The molecule has 2 aliphatic rings. The lowest BCUT2D eigenvalue weighted by atomic mass is 9.95. The average Bonchev–Trinajstić information content (AvgIpc) is 3.27. The number of nitrogens with zero attached hydrogens (tertiary/aromatic N) is 5. The molecule has 6 aromatic rings. The standard InChI is InChI=1S/C24H22N4O.C17H17N3.C7H5NO.2ClH/c29-24(27-21-8-2-1-3-9-21)28-22-12-10-18(11-13-22)16-19-6-5-15-26-23(19)20-7-4-14-25-17-20;18-16-7-5-13(6-8-16)11-14-3-2-10-20-17(14)15-4-1-9-19-12-15;9-6-8-7-4-2-1-3-5-7;;/h1-4,7-14,16-17H,5-6,15H2,(H2,27,28,29);1,4-9,11-12H,2-3,10,18H2;1-5H;2*1H/b19-16+;14-11+;;;. The Kier molecular flexibility index (Phi) is 18.8. The molecule has 2 amide bonds. The van der Waals surface area contributed by atoms with E-state index in [0.29, 0.717) is 5.69 Å². The maximum Gasteiger partial charge on any atom is 0.323 e. The molecule has 10 nitrogen and oxygen atoms in total. The number of halogens is 2. The molecule has 60 heavy (non-hydrogen) atoms. The van der Waals surface area contributed by atoms with Crippen LogP contribution in [0.2, 0.25) is 0 Å². The number of hydrogen-bond donors (Lipinski definition) is 3. The van der Waals surface area contributed by atoms with Crippen molar-refractivity contribution >= 4 is 83.3 Å². The van der Waals surface area contributed by atoms with E-state index in [9.17, 15) is 9.59 Å². The van der Waals surface area contributed by atoms with Crippen molar-refractivity contribution < 1.29 is 9.59 Å². The first kappa shape index (κ1) is 45.7. The van der Waals surface area contributed by atoms with Crippen LogP contribution in [0.25, 0.3) is 12.2 Å². The van der Waals surface area contributed by atoms with Crippen molar-refractivity contribution in [3.05, 3.63) is 192 Å². The molecule has 0 unspecified atom stereocenters. The number of nitrogen functional groups attached to an aromatic ring is 1. The molecule has 0 bridgehead atoms. The molecule has 0 fully saturated rings. The molecule has 0 saturated carbocycles. The van der Waals surface area contributed by atoms with E-state index in [2.05, 4.69) is 48.8 Å². The molecule has 0 spiro atoms. The normalized spacial score (nSPS) is 14.1. The summed E-state index contributed by atoms with van der Waals surface area (Å²) in [5.74, 6) is 0. The van der Waals surface area contributed by atoms with Gasteiger partial charge in [-0.2, -0.15) is 4.99 Å². The first-order valence-corrected chi connectivity index (χ1v) is 19.1. The van der Waals surface area contributed by atoms with Crippen LogP contribution in [0.5, 0.6) is 0 Å². The molecule has 304 valence electrons. The third kappa shape index (κ3) is 14.4. The predicted molar refractivity (Wildman–Crippen MR) is 251 cm³/mol. The van der Waals surface area contributed by atoms with Crippen LogP contribution in [0, 0.1) is 0 Å². The van der Waals surface area contributed by atoms with Gasteiger partial charge in [-0.3, -0.25) is 20.0 Å². The fourth-order valence-electron chi connectivity index (χ4n) is 6.23. The van der Waals surface area contributed by atoms with Gasteiger partial charge in [-0.25, -0.2) is 9.59 Å². The van der Waals surface area contributed by atoms with Crippen molar-refractivity contribution in [2.75, 3.05) is 29.5 Å². The molecule has 0 atom stereocenters. The summed E-state index contributed by atoms with van der Waals surface area (Å²) in [4.78, 5) is 43.0. The minimum atomic E-state index is -0.263. The highest BCUT2D eigenvalue weighted by Crippen LogP contribution is 2.24. The third-order valence-electron chi connectivity index (χ3n) is 8.98. The van der Waals surface area contributed by atoms with Crippen LogP contribution in [-0.4, -0.2) is 46.6 Å². The largest absolute Gasteiger partial charge is 0.399 e. The van der Waals surface area contributed by atoms with Gasteiger partial charge < -0.3 is 16.4 Å². The summed E-state index contributed by atoms with van der Waals surface area (Å²) in [6.45, 7) is 1.74. The lowest BCUT2D eigenvalue weighted by molar-refractivity contribution is 0.262. The number of para-hydroxylation sites is 2. The van der Waals surface area contributed by atoms with E-state index in [1.165, 1.54) is 17.2 Å². The van der Waals surface area contributed by atoms with Crippen LogP contribution in [0.1, 0.15) is 47.9 Å². The Balaban J connectivity index is 0.000000222. The number of pyridine rings is 2. The van der Waals surface area contributed by atoms with Gasteiger partial charge in [-0.05, 0) is 133 Å². The molecule has 12 heteroatoms. The number of aliphatic imine (C=N–C) groups is 3. The van der Waals surface area contributed by atoms with Gasteiger partial charge in [0.2, 0.25) is 6.08 Å². The molecule has 2 aliphatic heterocycles. The molecule has 4 aromatic carbocycles.